The van der Waals surface area contributed by atoms with Crippen LogP contribution in [-0.2, 0) is 11.2 Å². The molecule has 0 spiro atoms. The van der Waals surface area contributed by atoms with Gasteiger partial charge in [0.1, 0.15) is 0 Å². The molecule has 1 aromatic rings. The molecule has 134 valence electrons. The van der Waals surface area contributed by atoms with Crippen LogP contribution in [0.4, 0.5) is 0 Å². The van der Waals surface area contributed by atoms with Gasteiger partial charge in [0.15, 0.2) is 5.96 Å². The number of benzene rings is 1. The molecule has 1 heterocycles. The highest BCUT2D eigenvalue weighted by Crippen LogP contribution is 2.21. The molecule has 1 aromatic carbocycles. The second-order valence-corrected chi connectivity index (χ2v) is 7.26. The summed E-state index contributed by atoms with van der Waals surface area (Å²) in [5.41, 5.74) is 7.44. The van der Waals surface area contributed by atoms with E-state index in [4.69, 9.17) is 10.5 Å². The smallest absolute Gasteiger partial charge is 0.188 e. The van der Waals surface area contributed by atoms with Gasteiger partial charge in [0.25, 0.3) is 0 Å². The summed E-state index contributed by atoms with van der Waals surface area (Å²) in [5, 5.41) is 3.23. The molecule has 0 bridgehead atoms. The zero-order chi connectivity index (χ0) is 17.3. The Morgan fingerprint density at radius 2 is 1.96 bits per heavy atom. The number of nitrogens with zero attached hydrogens (tertiary/aromatic N) is 2. The highest BCUT2D eigenvalue weighted by molar-refractivity contribution is 5.77. The molecule has 0 saturated carbocycles. The Balaban J connectivity index is 1.64. The van der Waals surface area contributed by atoms with Crippen molar-refractivity contribution in [3.05, 3.63) is 35.9 Å². The van der Waals surface area contributed by atoms with Crippen LogP contribution in [0.1, 0.15) is 25.8 Å². The molecule has 1 aliphatic heterocycles. The molecular weight excluding hydrogens is 300 g/mol. The Morgan fingerprint density at radius 3 is 2.67 bits per heavy atom. The third kappa shape index (κ3) is 7.32. The molecule has 1 saturated heterocycles. The van der Waals surface area contributed by atoms with E-state index in [-0.39, 0.29) is 5.41 Å². The number of hydrogen-bond acceptors (Lipinski definition) is 3. The van der Waals surface area contributed by atoms with Crippen molar-refractivity contribution in [1.82, 2.24) is 10.2 Å². The van der Waals surface area contributed by atoms with Crippen molar-refractivity contribution in [2.24, 2.45) is 16.1 Å². The lowest BCUT2D eigenvalue weighted by Crippen LogP contribution is -2.39. The van der Waals surface area contributed by atoms with E-state index in [1.165, 1.54) is 5.56 Å². The Hall–Kier alpha value is -1.59. The lowest BCUT2D eigenvalue weighted by Gasteiger charge is -2.26. The van der Waals surface area contributed by atoms with Gasteiger partial charge in [-0.15, -0.1) is 0 Å². The third-order valence-corrected chi connectivity index (χ3v) is 4.26. The molecule has 24 heavy (non-hydrogen) atoms. The summed E-state index contributed by atoms with van der Waals surface area (Å²) in [6.07, 6.45) is 2.07. The average molecular weight is 332 g/mol. The lowest BCUT2D eigenvalue weighted by molar-refractivity contribution is 0.0376. The fourth-order valence-corrected chi connectivity index (χ4v) is 2.90. The maximum Gasteiger partial charge on any atom is 0.188 e. The van der Waals surface area contributed by atoms with Crippen LogP contribution in [0.5, 0.6) is 0 Å². The van der Waals surface area contributed by atoms with Crippen LogP contribution in [0, 0.1) is 5.41 Å². The van der Waals surface area contributed by atoms with Gasteiger partial charge in [-0.2, -0.15) is 0 Å². The Kier molecular flexibility index (Phi) is 7.53. The van der Waals surface area contributed by atoms with Gasteiger partial charge >= 0.3 is 0 Å². The topological polar surface area (TPSA) is 62.9 Å². The fourth-order valence-electron chi connectivity index (χ4n) is 2.90. The van der Waals surface area contributed by atoms with Gasteiger partial charge in [-0.3, -0.25) is 9.89 Å². The number of rotatable bonds is 8. The number of nitrogens with one attached hydrogen (secondary N) is 1. The van der Waals surface area contributed by atoms with E-state index < -0.39 is 0 Å². The summed E-state index contributed by atoms with van der Waals surface area (Å²) in [6, 6.07) is 10.5. The van der Waals surface area contributed by atoms with Crippen LogP contribution in [0.25, 0.3) is 0 Å². The van der Waals surface area contributed by atoms with Gasteiger partial charge in [-0.05, 0) is 30.4 Å². The van der Waals surface area contributed by atoms with Crippen molar-refractivity contribution in [3.63, 3.8) is 0 Å². The van der Waals surface area contributed by atoms with Crippen molar-refractivity contribution in [3.8, 4) is 0 Å². The SMILES string of the molecule is CC(C)(CN=C(N)NCCCN1CCOCC1)Cc1ccccc1. The van der Waals surface area contributed by atoms with Crippen LogP contribution in [0.3, 0.4) is 0 Å². The summed E-state index contributed by atoms with van der Waals surface area (Å²) >= 11 is 0. The predicted molar refractivity (Wildman–Crippen MR) is 100 cm³/mol. The molecular formula is C19H32N4O. The minimum atomic E-state index is 0.0987. The number of guanidine groups is 1. The number of ether oxygens (including phenoxy) is 1. The van der Waals surface area contributed by atoms with Crippen molar-refractivity contribution < 1.29 is 4.74 Å². The highest BCUT2D eigenvalue weighted by Gasteiger charge is 2.18. The summed E-state index contributed by atoms with van der Waals surface area (Å²) in [5.74, 6) is 0.554. The van der Waals surface area contributed by atoms with E-state index in [9.17, 15) is 0 Å². The first kappa shape index (κ1) is 18.7. The largest absolute Gasteiger partial charge is 0.379 e. The van der Waals surface area contributed by atoms with E-state index in [2.05, 4.69) is 53.3 Å². The van der Waals surface area contributed by atoms with Gasteiger partial charge in [0, 0.05) is 26.2 Å². The zero-order valence-electron chi connectivity index (χ0n) is 15.1. The maximum atomic E-state index is 6.00. The number of hydrogen-bond donors (Lipinski definition) is 2. The van der Waals surface area contributed by atoms with Crippen LogP contribution >= 0.6 is 0 Å². The van der Waals surface area contributed by atoms with E-state index >= 15 is 0 Å². The van der Waals surface area contributed by atoms with Gasteiger partial charge < -0.3 is 15.8 Å². The summed E-state index contributed by atoms with van der Waals surface area (Å²) < 4.78 is 5.35. The predicted octanol–water partition coefficient (Wildman–Crippen LogP) is 1.88. The minimum Gasteiger partial charge on any atom is -0.379 e. The quantitative estimate of drug-likeness (QED) is 0.433. The average Bonchev–Trinajstić information content (AvgIpc) is 2.58. The molecule has 0 unspecified atom stereocenters. The first-order valence-electron chi connectivity index (χ1n) is 8.93. The summed E-state index contributed by atoms with van der Waals surface area (Å²) in [7, 11) is 0. The van der Waals surface area contributed by atoms with Crippen molar-refractivity contribution >= 4 is 5.96 Å². The van der Waals surface area contributed by atoms with Crippen molar-refractivity contribution in [2.45, 2.75) is 26.7 Å². The van der Waals surface area contributed by atoms with E-state index in [1.807, 2.05) is 6.07 Å². The molecule has 2 rings (SSSR count). The minimum absolute atomic E-state index is 0.0987. The van der Waals surface area contributed by atoms with Crippen molar-refractivity contribution in [2.75, 3.05) is 45.9 Å². The molecule has 5 heteroatoms. The van der Waals surface area contributed by atoms with E-state index in [0.29, 0.717) is 5.96 Å². The molecule has 0 aliphatic carbocycles. The highest BCUT2D eigenvalue weighted by atomic mass is 16.5. The standard InChI is InChI=1S/C19H32N4O/c1-19(2,15-17-7-4-3-5-8-17)16-22-18(20)21-9-6-10-23-11-13-24-14-12-23/h3-5,7-8H,6,9-16H2,1-2H3,(H3,20,21,22). The molecule has 5 nitrogen and oxygen atoms in total. The second-order valence-electron chi connectivity index (χ2n) is 7.26. The molecule has 0 atom stereocenters. The Morgan fingerprint density at radius 1 is 1.25 bits per heavy atom. The number of morpholine rings is 1. The van der Waals surface area contributed by atoms with Gasteiger partial charge in [-0.25, -0.2) is 0 Å². The zero-order valence-corrected chi connectivity index (χ0v) is 15.1. The normalized spacial score (nSPS) is 17.0. The second kappa shape index (κ2) is 9.64. The Labute approximate surface area is 146 Å². The van der Waals surface area contributed by atoms with E-state index in [1.54, 1.807) is 0 Å². The Bertz CT molecular complexity index is 495. The first-order valence-corrected chi connectivity index (χ1v) is 8.93. The summed E-state index contributed by atoms with van der Waals surface area (Å²) in [4.78, 5) is 6.96. The van der Waals surface area contributed by atoms with Gasteiger partial charge in [-0.1, -0.05) is 44.2 Å². The lowest BCUT2D eigenvalue weighted by atomic mass is 9.86. The first-order chi connectivity index (χ1) is 11.6. The van der Waals surface area contributed by atoms with Crippen molar-refractivity contribution in [1.29, 1.82) is 0 Å². The molecule has 0 aromatic heterocycles. The molecule has 3 N–H and O–H groups in total. The maximum absolute atomic E-state index is 6.00. The van der Waals surface area contributed by atoms with Crippen LogP contribution in [0.15, 0.2) is 35.3 Å². The number of nitrogens with two attached hydrogens (primary N) is 1. The number of aliphatic imine (C=N–C) groups is 1. The molecule has 0 radical (unpaired) electrons. The third-order valence-electron chi connectivity index (χ3n) is 4.26. The summed E-state index contributed by atoms with van der Waals surface area (Å²) in [6.45, 7) is 10.9. The van der Waals surface area contributed by atoms with Crippen LogP contribution in [-0.4, -0.2) is 56.8 Å². The monoisotopic (exact) mass is 332 g/mol. The molecule has 1 aliphatic rings. The molecule has 1 fully saturated rings. The van der Waals surface area contributed by atoms with Gasteiger partial charge in [0.2, 0.25) is 0 Å². The van der Waals surface area contributed by atoms with Gasteiger partial charge in [0.05, 0.1) is 13.2 Å². The van der Waals surface area contributed by atoms with E-state index in [0.717, 1.165) is 58.8 Å². The fraction of sp³-hybridized carbons (Fsp3) is 0.632. The van der Waals surface area contributed by atoms with Crippen LogP contribution < -0.4 is 11.1 Å². The van der Waals surface area contributed by atoms with Crippen LogP contribution in [0.2, 0.25) is 0 Å². The molecule has 0 amide bonds.